The van der Waals surface area contributed by atoms with Gasteiger partial charge in [-0.05, 0) is 23.8 Å². The van der Waals surface area contributed by atoms with Gasteiger partial charge in [0, 0.05) is 17.2 Å². The zero-order chi connectivity index (χ0) is 18.4. The number of amides is 1. The zero-order valence-corrected chi connectivity index (χ0v) is 17.3. The highest BCUT2D eigenvalue weighted by Crippen LogP contribution is 2.19. The van der Waals surface area contributed by atoms with Gasteiger partial charge in [-0.3, -0.25) is 9.79 Å². The maximum absolute atomic E-state index is 12.1. The average molecular weight is 449 g/mol. The van der Waals surface area contributed by atoms with Crippen LogP contribution in [0, 0.1) is 0 Å². The lowest BCUT2D eigenvalue weighted by Gasteiger charge is -2.04. The quantitative estimate of drug-likeness (QED) is 0.577. The molecule has 0 saturated heterocycles. The minimum atomic E-state index is -0.0614. The van der Waals surface area contributed by atoms with Gasteiger partial charge in [0.05, 0.1) is 12.3 Å². The molecular weight excluding hydrogens is 432 g/mol. The van der Waals surface area contributed by atoms with Crippen LogP contribution in [-0.4, -0.2) is 21.4 Å². The molecule has 2 aromatic carbocycles. The fraction of sp³-hybridized carbons (Fsp3) is 0.167. The monoisotopic (exact) mass is 448 g/mol. The summed E-state index contributed by atoms with van der Waals surface area (Å²) in [5.74, 6) is 0.242. The first-order chi connectivity index (χ1) is 12.6. The maximum Gasteiger partial charge on any atom is 0.234 e. The standard InChI is InChI=1S/C18H17BrN4OS2/c1-23-17(20-11-13-6-3-2-4-7-13)26-18(22-23)25-12-16(24)21-15-9-5-8-14(19)10-15/h2-10H,11-12H2,1H3,(H,21,24). The molecule has 0 aliphatic carbocycles. The lowest BCUT2D eigenvalue weighted by molar-refractivity contribution is -0.113. The summed E-state index contributed by atoms with van der Waals surface area (Å²) in [6.07, 6.45) is 0. The van der Waals surface area contributed by atoms with Crippen LogP contribution in [0.2, 0.25) is 0 Å². The van der Waals surface area contributed by atoms with Crippen molar-refractivity contribution in [1.29, 1.82) is 0 Å². The molecule has 134 valence electrons. The first-order valence-electron chi connectivity index (χ1n) is 7.87. The Balaban J connectivity index is 1.58. The second kappa shape index (κ2) is 9.16. The predicted molar refractivity (Wildman–Crippen MR) is 110 cm³/mol. The third kappa shape index (κ3) is 5.55. The van der Waals surface area contributed by atoms with E-state index < -0.39 is 0 Å². The van der Waals surface area contributed by atoms with E-state index in [0.717, 1.165) is 24.9 Å². The molecule has 3 aromatic rings. The van der Waals surface area contributed by atoms with Gasteiger partial charge in [0.25, 0.3) is 0 Å². The van der Waals surface area contributed by atoms with E-state index in [9.17, 15) is 4.79 Å². The molecule has 0 bridgehead atoms. The van der Waals surface area contributed by atoms with Crippen molar-refractivity contribution in [3.8, 4) is 0 Å². The lowest BCUT2D eigenvalue weighted by Crippen LogP contribution is -2.14. The van der Waals surface area contributed by atoms with Crippen molar-refractivity contribution in [2.45, 2.75) is 10.9 Å². The molecule has 1 N–H and O–H groups in total. The van der Waals surface area contributed by atoms with E-state index in [2.05, 4.69) is 31.3 Å². The number of anilines is 1. The number of nitrogens with zero attached hydrogens (tertiary/aromatic N) is 3. The molecule has 0 aliphatic heterocycles. The van der Waals surface area contributed by atoms with Gasteiger partial charge in [-0.15, -0.1) is 0 Å². The van der Waals surface area contributed by atoms with Crippen LogP contribution in [0.5, 0.6) is 0 Å². The Morgan fingerprint density at radius 1 is 1.27 bits per heavy atom. The molecule has 0 saturated carbocycles. The van der Waals surface area contributed by atoms with E-state index in [-0.39, 0.29) is 5.91 Å². The number of aromatic nitrogens is 2. The summed E-state index contributed by atoms with van der Waals surface area (Å²) in [7, 11) is 1.87. The van der Waals surface area contributed by atoms with E-state index in [1.807, 2.05) is 61.6 Å². The molecule has 5 nitrogen and oxygen atoms in total. The molecule has 8 heteroatoms. The SMILES string of the molecule is Cn1nc(SCC(=O)Nc2cccc(Br)c2)sc1=NCc1ccccc1. The molecule has 3 rings (SSSR count). The third-order valence-electron chi connectivity index (χ3n) is 3.36. The van der Waals surface area contributed by atoms with Crippen LogP contribution in [0.25, 0.3) is 0 Å². The van der Waals surface area contributed by atoms with Gasteiger partial charge in [0.2, 0.25) is 10.7 Å². The molecule has 0 radical (unpaired) electrons. The van der Waals surface area contributed by atoms with Crippen LogP contribution < -0.4 is 10.1 Å². The maximum atomic E-state index is 12.1. The second-order valence-electron chi connectivity index (χ2n) is 5.42. The number of rotatable bonds is 6. The Hall–Kier alpha value is -1.90. The van der Waals surface area contributed by atoms with E-state index in [1.165, 1.54) is 23.1 Å². The van der Waals surface area contributed by atoms with Crippen molar-refractivity contribution in [3.63, 3.8) is 0 Å². The largest absolute Gasteiger partial charge is 0.325 e. The van der Waals surface area contributed by atoms with Crippen LogP contribution in [-0.2, 0) is 18.4 Å². The molecule has 0 unspecified atom stereocenters. The van der Waals surface area contributed by atoms with Gasteiger partial charge >= 0.3 is 0 Å². The number of aryl methyl sites for hydroxylation is 1. The molecule has 0 atom stereocenters. The normalized spacial score (nSPS) is 11.5. The van der Waals surface area contributed by atoms with Crippen LogP contribution in [0.1, 0.15) is 5.56 Å². The summed E-state index contributed by atoms with van der Waals surface area (Å²) in [4.78, 5) is 17.5. The average Bonchev–Trinajstić information content (AvgIpc) is 2.99. The molecular formula is C18H17BrN4OS2. The topological polar surface area (TPSA) is 59.3 Å². The Kier molecular flexibility index (Phi) is 6.65. The Morgan fingerprint density at radius 3 is 2.85 bits per heavy atom. The molecule has 26 heavy (non-hydrogen) atoms. The second-order valence-corrected chi connectivity index (χ2v) is 8.52. The number of thioether (sulfide) groups is 1. The molecule has 0 aliphatic rings. The number of hydrogen-bond donors (Lipinski definition) is 1. The van der Waals surface area contributed by atoms with Crippen molar-refractivity contribution in [1.82, 2.24) is 9.78 Å². The van der Waals surface area contributed by atoms with Crippen LogP contribution in [0.3, 0.4) is 0 Å². The highest BCUT2D eigenvalue weighted by molar-refractivity contribution is 9.10. The van der Waals surface area contributed by atoms with E-state index in [0.29, 0.717) is 12.3 Å². The van der Waals surface area contributed by atoms with Gasteiger partial charge in [-0.2, -0.15) is 5.10 Å². The van der Waals surface area contributed by atoms with E-state index in [1.54, 1.807) is 4.68 Å². The van der Waals surface area contributed by atoms with Crippen molar-refractivity contribution in [2.24, 2.45) is 12.0 Å². The zero-order valence-electron chi connectivity index (χ0n) is 14.1. The van der Waals surface area contributed by atoms with Gasteiger partial charge < -0.3 is 5.32 Å². The van der Waals surface area contributed by atoms with Gasteiger partial charge in [-0.25, -0.2) is 4.68 Å². The van der Waals surface area contributed by atoms with Gasteiger partial charge in [-0.1, -0.05) is 75.4 Å². The Labute approximate surface area is 168 Å². The van der Waals surface area contributed by atoms with Gasteiger partial charge in [0.15, 0.2) is 4.34 Å². The van der Waals surface area contributed by atoms with Gasteiger partial charge in [0.1, 0.15) is 0 Å². The first-order valence-corrected chi connectivity index (χ1v) is 10.5. The fourth-order valence-corrected chi connectivity index (χ4v) is 4.32. The van der Waals surface area contributed by atoms with E-state index in [4.69, 9.17) is 0 Å². The molecule has 1 aromatic heterocycles. The predicted octanol–water partition coefficient (Wildman–Crippen LogP) is 4.08. The minimum Gasteiger partial charge on any atom is -0.325 e. The lowest BCUT2D eigenvalue weighted by atomic mass is 10.2. The molecule has 1 amide bonds. The number of nitrogens with one attached hydrogen (secondary N) is 1. The summed E-state index contributed by atoms with van der Waals surface area (Å²) >= 11 is 6.29. The minimum absolute atomic E-state index is 0.0614. The van der Waals surface area contributed by atoms with E-state index >= 15 is 0 Å². The number of halogens is 1. The summed E-state index contributed by atoms with van der Waals surface area (Å²) in [6, 6.07) is 17.6. The van der Waals surface area contributed by atoms with Crippen molar-refractivity contribution in [3.05, 3.63) is 69.4 Å². The third-order valence-corrected chi connectivity index (χ3v) is 6.03. The summed E-state index contributed by atoms with van der Waals surface area (Å²) in [5.41, 5.74) is 1.93. The van der Waals surface area contributed by atoms with Crippen LogP contribution in [0.15, 0.2) is 68.4 Å². The van der Waals surface area contributed by atoms with Crippen molar-refractivity contribution in [2.75, 3.05) is 11.1 Å². The Bertz CT molecular complexity index is 953. The summed E-state index contributed by atoms with van der Waals surface area (Å²) in [6.45, 7) is 0.615. The number of carbonyl (C=O) groups is 1. The van der Waals surface area contributed by atoms with Crippen molar-refractivity contribution >= 4 is 50.6 Å². The molecule has 0 spiro atoms. The highest BCUT2D eigenvalue weighted by atomic mass is 79.9. The highest BCUT2D eigenvalue weighted by Gasteiger charge is 2.08. The Morgan fingerprint density at radius 2 is 2.08 bits per heavy atom. The summed E-state index contributed by atoms with van der Waals surface area (Å²) in [5, 5.41) is 7.31. The smallest absolute Gasteiger partial charge is 0.234 e. The van der Waals surface area contributed by atoms with Crippen molar-refractivity contribution < 1.29 is 4.79 Å². The van der Waals surface area contributed by atoms with Crippen LogP contribution >= 0.6 is 39.0 Å². The molecule has 0 fully saturated rings. The fourth-order valence-electron chi connectivity index (χ4n) is 2.16. The summed E-state index contributed by atoms with van der Waals surface area (Å²) < 4.78 is 3.51. The first kappa shape index (κ1) is 18.9. The number of carbonyl (C=O) groups excluding carboxylic acids is 1. The number of hydrogen-bond acceptors (Lipinski definition) is 5. The van der Waals surface area contributed by atoms with Crippen LogP contribution in [0.4, 0.5) is 5.69 Å². The number of benzene rings is 2. The molecule has 1 heterocycles.